The first-order valence-corrected chi connectivity index (χ1v) is 22.9. The Hall–Kier alpha value is -5.73. The smallest absolute Gasteiger partial charge is 0.412 e. The average molecular weight is 890 g/mol. The first-order valence-electron chi connectivity index (χ1n) is 22.9. The number of nitrogens with one attached hydrogen (secondary N) is 1. The molecule has 0 radical (unpaired) electrons. The minimum absolute atomic E-state index is 0.00168. The maximum absolute atomic E-state index is 15.0. The summed E-state index contributed by atoms with van der Waals surface area (Å²) >= 11 is 0. The SMILES string of the molecule is C=CCO[C@@]12Oc3ccc(OC(=O)NCC)cc3[C@H]3[C@H](CCCCO)[C@@H](CCCCO)C=C(C(=NOC)C[C@@H]1N(Cc1cccc4ccccc14)C(=O)OCCOCc1ccccc1)[C@H]32. The fraction of sp³-hybridized carbons (Fsp3) is 0.442. The van der Waals surface area contributed by atoms with Crippen molar-refractivity contribution < 1.29 is 48.3 Å². The van der Waals surface area contributed by atoms with Crippen molar-refractivity contribution in [2.45, 2.75) is 82.8 Å². The van der Waals surface area contributed by atoms with Crippen LogP contribution >= 0.6 is 0 Å². The molecule has 7 rings (SSSR count). The Morgan fingerprint density at radius 2 is 1.72 bits per heavy atom. The van der Waals surface area contributed by atoms with E-state index in [0.717, 1.165) is 58.7 Å². The van der Waals surface area contributed by atoms with Crippen LogP contribution in [0.1, 0.15) is 74.5 Å². The number of amides is 2. The molecule has 13 heteroatoms. The highest BCUT2D eigenvalue weighted by Crippen LogP contribution is 2.62. The summed E-state index contributed by atoms with van der Waals surface area (Å²) in [6.07, 6.45) is 7.36. The molecular weight excluding hydrogens is 827 g/mol. The summed E-state index contributed by atoms with van der Waals surface area (Å²) < 4.78 is 32.4. The molecule has 1 fully saturated rings. The predicted octanol–water partition coefficient (Wildman–Crippen LogP) is 9.07. The molecule has 4 aromatic rings. The van der Waals surface area contributed by atoms with E-state index in [4.69, 9.17) is 33.7 Å². The number of hydrogen-bond donors (Lipinski definition) is 3. The summed E-state index contributed by atoms with van der Waals surface area (Å²) in [5.74, 6) is -1.51. The van der Waals surface area contributed by atoms with Crippen LogP contribution in [0.3, 0.4) is 0 Å². The molecule has 0 aromatic heterocycles. The number of carbonyl (C=O) groups excluding carboxylic acids is 2. The highest BCUT2D eigenvalue weighted by atomic mass is 16.7. The van der Waals surface area contributed by atoms with Crippen LogP contribution in [-0.4, -0.2) is 91.5 Å². The average Bonchev–Trinajstić information content (AvgIpc) is 3.32. The van der Waals surface area contributed by atoms with Crippen molar-refractivity contribution in [3.05, 3.63) is 132 Å². The fourth-order valence-electron chi connectivity index (χ4n) is 10.1. The summed E-state index contributed by atoms with van der Waals surface area (Å²) in [4.78, 5) is 35.2. The summed E-state index contributed by atoms with van der Waals surface area (Å²) in [6, 6.07) is 28.5. The number of aliphatic hydroxyl groups is 2. The van der Waals surface area contributed by atoms with E-state index < -0.39 is 29.9 Å². The van der Waals surface area contributed by atoms with Gasteiger partial charge in [-0.2, -0.15) is 0 Å². The molecule has 346 valence electrons. The number of hydrogen-bond acceptors (Lipinski definition) is 11. The molecular formula is C52H63N3O10. The fourth-order valence-corrected chi connectivity index (χ4v) is 10.1. The minimum atomic E-state index is -1.52. The third kappa shape index (κ3) is 10.9. The number of allylic oxidation sites excluding steroid dienone is 1. The van der Waals surface area contributed by atoms with Crippen LogP contribution in [0.5, 0.6) is 11.5 Å². The van der Waals surface area contributed by atoms with E-state index >= 15 is 4.79 Å². The molecule has 1 heterocycles. The molecule has 3 N–H and O–H groups in total. The third-order valence-electron chi connectivity index (χ3n) is 12.8. The van der Waals surface area contributed by atoms with Crippen molar-refractivity contribution in [3.8, 4) is 11.5 Å². The van der Waals surface area contributed by atoms with Crippen LogP contribution in [0.2, 0.25) is 0 Å². The Balaban J connectivity index is 1.38. The molecule has 2 amide bonds. The number of oxime groups is 1. The maximum atomic E-state index is 15.0. The number of aliphatic hydroxyl groups excluding tert-OH is 2. The van der Waals surface area contributed by atoms with E-state index in [1.165, 1.54) is 7.11 Å². The topological polar surface area (TPSA) is 158 Å². The zero-order valence-electron chi connectivity index (χ0n) is 37.6. The largest absolute Gasteiger partial charge is 0.459 e. The van der Waals surface area contributed by atoms with Crippen molar-refractivity contribution >= 4 is 28.7 Å². The molecule has 1 aliphatic heterocycles. The second kappa shape index (κ2) is 22.9. The van der Waals surface area contributed by atoms with Crippen LogP contribution in [0.4, 0.5) is 9.59 Å². The number of benzene rings is 4. The van der Waals surface area contributed by atoms with Gasteiger partial charge in [0.25, 0.3) is 0 Å². The van der Waals surface area contributed by atoms with Crippen molar-refractivity contribution in [1.29, 1.82) is 0 Å². The van der Waals surface area contributed by atoms with Gasteiger partial charge in [-0.05, 0) is 90.1 Å². The van der Waals surface area contributed by atoms with Gasteiger partial charge in [0.15, 0.2) is 0 Å². The van der Waals surface area contributed by atoms with Gasteiger partial charge >= 0.3 is 12.2 Å². The highest BCUT2D eigenvalue weighted by molar-refractivity contribution is 6.03. The number of fused-ring (bicyclic) bond motifs is 3. The van der Waals surface area contributed by atoms with Crippen LogP contribution in [0.25, 0.3) is 10.8 Å². The van der Waals surface area contributed by atoms with E-state index in [1.54, 1.807) is 17.0 Å². The van der Waals surface area contributed by atoms with E-state index in [2.05, 4.69) is 18.0 Å². The second-order valence-corrected chi connectivity index (χ2v) is 16.8. The summed E-state index contributed by atoms with van der Waals surface area (Å²) in [5.41, 5.74) is 4.28. The van der Waals surface area contributed by atoms with Crippen molar-refractivity contribution in [2.24, 2.45) is 22.9 Å². The van der Waals surface area contributed by atoms with Gasteiger partial charge < -0.3 is 44.1 Å². The zero-order valence-corrected chi connectivity index (χ0v) is 37.6. The van der Waals surface area contributed by atoms with Crippen LogP contribution < -0.4 is 14.8 Å². The Morgan fingerprint density at radius 1 is 0.954 bits per heavy atom. The third-order valence-corrected chi connectivity index (χ3v) is 12.8. The van der Waals surface area contributed by atoms with Gasteiger partial charge in [-0.1, -0.05) is 103 Å². The normalized spacial score (nSPS) is 22.5. The van der Waals surface area contributed by atoms with E-state index in [9.17, 15) is 15.0 Å². The highest BCUT2D eigenvalue weighted by Gasteiger charge is 2.65. The van der Waals surface area contributed by atoms with E-state index in [0.29, 0.717) is 43.2 Å². The van der Waals surface area contributed by atoms with Gasteiger partial charge in [0, 0.05) is 37.7 Å². The van der Waals surface area contributed by atoms with Crippen molar-refractivity contribution in [1.82, 2.24) is 10.2 Å². The molecule has 65 heavy (non-hydrogen) atoms. The first kappa shape index (κ1) is 47.2. The molecule has 0 unspecified atom stereocenters. The van der Waals surface area contributed by atoms with Gasteiger partial charge in [-0.25, -0.2) is 9.59 Å². The lowest BCUT2D eigenvalue weighted by atomic mass is 9.55. The van der Waals surface area contributed by atoms with Crippen LogP contribution in [0.15, 0.2) is 120 Å². The molecule has 2 aliphatic carbocycles. The second-order valence-electron chi connectivity index (χ2n) is 16.8. The van der Waals surface area contributed by atoms with E-state index in [1.807, 2.05) is 91.9 Å². The Bertz CT molecular complexity index is 2280. The Labute approximate surface area is 382 Å². The van der Waals surface area contributed by atoms with E-state index in [-0.39, 0.29) is 63.8 Å². The van der Waals surface area contributed by atoms with Crippen molar-refractivity contribution in [3.63, 3.8) is 0 Å². The van der Waals surface area contributed by atoms with Gasteiger partial charge in [0.05, 0.1) is 38.0 Å². The van der Waals surface area contributed by atoms with Gasteiger partial charge in [0.1, 0.15) is 31.3 Å². The number of ether oxygens (including phenoxy) is 5. The molecule has 13 nitrogen and oxygen atoms in total. The molecule has 6 atom stereocenters. The Morgan fingerprint density at radius 3 is 2.49 bits per heavy atom. The number of unbranched alkanes of at least 4 members (excludes halogenated alkanes) is 2. The molecule has 0 spiro atoms. The molecule has 0 bridgehead atoms. The lowest BCUT2D eigenvalue weighted by Crippen LogP contribution is -2.70. The lowest BCUT2D eigenvalue weighted by molar-refractivity contribution is -0.256. The van der Waals surface area contributed by atoms with Gasteiger partial charge in [0.2, 0.25) is 5.79 Å². The summed E-state index contributed by atoms with van der Waals surface area (Å²) in [6.45, 7) is 7.20. The molecule has 1 saturated carbocycles. The maximum Gasteiger partial charge on any atom is 0.412 e. The quantitative estimate of drug-likeness (QED) is 0.0395. The number of nitrogens with zero attached hydrogens (tertiary/aromatic N) is 2. The van der Waals surface area contributed by atoms with Crippen molar-refractivity contribution in [2.75, 3.05) is 46.7 Å². The predicted molar refractivity (Wildman–Crippen MR) is 249 cm³/mol. The summed E-state index contributed by atoms with van der Waals surface area (Å²) in [5, 5.41) is 29.3. The number of carbonyl (C=O) groups is 2. The molecule has 3 aliphatic rings. The monoisotopic (exact) mass is 889 g/mol. The minimum Gasteiger partial charge on any atom is -0.459 e. The molecule has 0 saturated heterocycles. The van der Waals surface area contributed by atoms with Gasteiger partial charge in [-0.3, -0.25) is 4.90 Å². The van der Waals surface area contributed by atoms with Crippen LogP contribution in [-0.2, 0) is 32.2 Å². The van der Waals surface area contributed by atoms with Gasteiger partial charge in [-0.15, -0.1) is 6.58 Å². The Kier molecular flexibility index (Phi) is 16.7. The zero-order chi connectivity index (χ0) is 45.6. The standard InChI is InChI=1S/C52H63N3O10/c1-4-28-63-52-47(55(34-39-21-15-20-37-18-9-10-22-41(37)39)51(59)62-30-29-61-35-36-16-7-6-8-17-36)33-45(54-60-3)43-31-38(19-11-13-26-56)42(23-12-14-27-57)48(49(43)52)44-32-40(24-25-46(44)65-52)64-50(58)53-5-2/h4,6-10,15-18,20-22,24-25,31-32,38,42,47-49,56-57H,1,5,11-14,19,23,26-30,33-35H2,2-3H3,(H,53,58)/t38-,42+,47-,48+,49+,52+/m0/s1. The lowest BCUT2D eigenvalue weighted by Gasteiger charge is -2.59. The summed E-state index contributed by atoms with van der Waals surface area (Å²) in [7, 11) is 1.52. The first-order chi connectivity index (χ1) is 31.8. The number of rotatable bonds is 22. The van der Waals surface area contributed by atoms with Crippen LogP contribution in [0, 0.1) is 17.8 Å². The molecule has 4 aromatic carbocycles.